The van der Waals surface area contributed by atoms with E-state index in [1.54, 1.807) is 0 Å². The molecule has 1 saturated carbocycles. The van der Waals surface area contributed by atoms with Crippen LogP contribution in [0.4, 0.5) is 0 Å². The van der Waals surface area contributed by atoms with Crippen LogP contribution < -0.4 is 10.6 Å². The maximum Gasteiger partial charge on any atom is 0.236 e. The Morgan fingerprint density at radius 1 is 1.15 bits per heavy atom. The molecule has 0 aromatic carbocycles. The van der Waals surface area contributed by atoms with Crippen molar-refractivity contribution in [1.82, 2.24) is 10.6 Å². The van der Waals surface area contributed by atoms with E-state index in [9.17, 15) is 9.90 Å². The van der Waals surface area contributed by atoms with Crippen molar-refractivity contribution >= 4 is 5.91 Å². The quantitative estimate of drug-likeness (QED) is 0.700. The highest BCUT2D eigenvalue weighted by molar-refractivity contribution is 5.81. The summed E-state index contributed by atoms with van der Waals surface area (Å²) in [5.74, 6) is 0.467. The minimum absolute atomic E-state index is 0.0124. The van der Waals surface area contributed by atoms with Crippen LogP contribution >= 0.6 is 0 Å². The first kappa shape index (κ1) is 17.4. The van der Waals surface area contributed by atoms with E-state index >= 15 is 0 Å². The van der Waals surface area contributed by atoms with Crippen molar-refractivity contribution < 1.29 is 9.90 Å². The van der Waals surface area contributed by atoms with E-state index in [0.717, 1.165) is 25.7 Å². The summed E-state index contributed by atoms with van der Waals surface area (Å²) in [5.41, 5.74) is -0.311. The Labute approximate surface area is 123 Å². The minimum atomic E-state index is -0.651. The molecule has 0 bridgehead atoms. The Balaban J connectivity index is 2.33. The van der Waals surface area contributed by atoms with E-state index in [4.69, 9.17) is 0 Å². The molecule has 0 aliphatic heterocycles. The standard InChI is InChI=1S/C16H32N2O2/c1-12(2)10-17-14(19)13(3)18-11-16(20)8-6-15(4,5)7-9-16/h12-13,18,20H,6-11H2,1-5H3,(H,17,19). The van der Waals surface area contributed by atoms with Gasteiger partial charge in [0.1, 0.15) is 0 Å². The number of hydrogen-bond acceptors (Lipinski definition) is 3. The third kappa shape index (κ3) is 5.80. The molecule has 0 spiro atoms. The summed E-state index contributed by atoms with van der Waals surface area (Å²) in [7, 11) is 0. The second-order valence-electron chi connectivity index (χ2n) is 7.63. The van der Waals surface area contributed by atoms with Crippen molar-refractivity contribution in [2.75, 3.05) is 13.1 Å². The molecule has 20 heavy (non-hydrogen) atoms. The van der Waals surface area contributed by atoms with Gasteiger partial charge < -0.3 is 15.7 Å². The fraction of sp³-hybridized carbons (Fsp3) is 0.938. The van der Waals surface area contributed by atoms with E-state index in [-0.39, 0.29) is 11.9 Å². The first-order valence-corrected chi connectivity index (χ1v) is 7.87. The first-order chi connectivity index (χ1) is 9.14. The van der Waals surface area contributed by atoms with Crippen LogP contribution in [0.15, 0.2) is 0 Å². The van der Waals surface area contributed by atoms with Gasteiger partial charge in [-0.15, -0.1) is 0 Å². The van der Waals surface area contributed by atoms with Gasteiger partial charge in [0.15, 0.2) is 0 Å². The molecular formula is C16H32N2O2. The van der Waals surface area contributed by atoms with E-state index < -0.39 is 5.60 Å². The Morgan fingerprint density at radius 2 is 1.70 bits per heavy atom. The van der Waals surface area contributed by atoms with Gasteiger partial charge in [0, 0.05) is 13.1 Å². The molecule has 4 nitrogen and oxygen atoms in total. The Kier molecular flexibility index (Phi) is 6.02. The van der Waals surface area contributed by atoms with Gasteiger partial charge in [0.25, 0.3) is 0 Å². The average molecular weight is 284 g/mol. The summed E-state index contributed by atoms with van der Waals surface area (Å²) in [6, 6.07) is -0.257. The maximum atomic E-state index is 11.9. The fourth-order valence-corrected chi connectivity index (χ4v) is 2.46. The molecule has 118 valence electrons. The molecule has 0 radical (unpaired) electrons. The van der Waals surface area contributed by atoms with Crippen molar-refractivity contribution in [3.05, 3.63) is 0 Å². The molecule has 0 aromatic heterocycles. The fourth-order valence-electron chi connectivity index (χ4n) is 2.46. The van der Waals surface area contributed by atoms with E-state index in [0.29, 0.717) is 24.4 Å². The molecule has 1 amide bonds. The van der Waals surface area contributed by atoms with E-state index in [1.165, 1.54) is 0 Å². The van der Waals surface area contributed by atoms with Gasteiger partial charge in [0.05, 0.1) is 11.6 Å². The van der Waals surface area contributed by atoms with Crippen LogP contribution in [0.25, 0.3) is 0 Å². The highest BCUT2D eigenvalue weighted by atomic mass is 16.3. The van der Waals surface area contributed by atoms with Crippen molar-refractivity contribution in [3.8, 4) is 0 Å². The van der Waals surface area contributed by atoms with Crippen LogP contribution in [0.1, 0.15) is 60.3 Å². The topological polar surface area (TPSA) is 61.4 Å². The smallest absolute Gasteiger partial charge is 0.236 e. The van der Waals surface area contributed by atoms with Crippen molar-refractivity contribution in [1.29, 1.82) is 0 Å². The number of carbonyl (C=O) groups excluding carboxylic acids is 1. The lowest BCUT2D eigenvalue weighted by molar-refractivity contribution is -0.123. The van der Waals surface area contributed by atoms with Gasteiger partial charge in [-0.1, -0.05) is 27.7 Å². The molecule has 1 atom stereocenters. The molecule has 1 rings (SSSR count). The molecule has 1 fully saturated rings. The second kappa shape index (κ2) is 6.90. The zero-order valence-corrected chi connectivity index (χ0v) is 13.8. The lowest BCUT2D eigenvalue weighted by atomic mass is 9.71. The predicted molar refractivity (Wildman–Crippen MR) is 82.5 cm³/mol. The summed E-state index contributed by atoms with van der Waals surface area (Å²) in [5, 5.41) is 16.7. The SMILES string of the molecule is CC(C)CNC(=O)C(C)NCC1(O)CCC(C)(C)CC1. The number of amides is 1. The Morgan fingerprint density at radius 3 is 2.20 bits per heavy atom. The summed E-state index contributed by atoms with van der Waals surface area (Å²) in [6.45, 7) is 11.7. The monoisotopic (exact) mass is 284 g/mol. The lowest BCUT2D eigenvalue weighted by Gasteiger charge is -2.40. The van der Waals surface area contributed by atoms with Gasteiger partial charge >= 0.3 is 0 Å². The van der Waals surface area contributed by atoms with Gasteiger partial charge in [0.2, 0.25) is 5.91 Å². The number of hydrogen-bond donors (Lipinski definition) is 3. The van der Waals surface area contributed by atoms with E-state index in [1.807, 2.05) is 6.92 Å². The summed E-state index contributed by atoms with van der Waals surface area (Å²) in [6.07, 6.45) is 3.71. The van der Waals surface area contributed by atoms with Crippen molar-refractivity contribution in [3.63, 3.8) is 0 Å². The zero-order chi connectivity index (χ0) is 15.4. The summed E-state index contributed by atoms with van der Waals surface area (Å²) in [4.78, 5) is 11.9. The number of rotatable bonds is 6. The van der Waals surface area contributed by atoms with Gasteiger partial charge in [-0.2, -0.15) is 0 Å². The van der Waals surface area contributed by atoms with Crippen LogP contribution in [0.2, 0.25) is 0 Å². The highest BCUT2D eigenvalue weighted by Crippen LogP contribution is 2.39. The third-order valence-corrected chi connectivity index (χ3v) is 4.35. The van der Waals surface area contributed by atoms with Crippen molar-refractivity contribution in [2.45, 2.75) is 71.9 Å². The third-order valence-electron chi connectivity index (χ3n) is 4.35. The number of nitrogens with one attached hydrogen (secondary N) is 2. The van der Waals surface area contributed by atoms with Crippen LogP contribution in [0.5, 0.6) is 0 Å². The molecule has 3 N–H and O–H groups in total. The molecule has 4 heteroatoms. The van der Waals surface area contributed by atoms with E-state index in [2.05, 4.69) is 38.3 Å². The minimum Gasteiger partial charge on any atom is -0.389 e. The van der Waals surface area contributed by atoms with Crippen LogP contribution in [-0.4, -0.2) is 35.7 Å². The lowest BCUT2D eigenvalue weighted by Crippen LogP contribution is -2.51. The number of aliphatic hydroxyl groups is 1. The van der Waals surface area contributed by atoms with Crippen LogP contribution in [0, 0.1) is 11.3 Å². The van der Waals surface area contributed by atoms with Crippen LogP contribution in [-0.2, 0) is 4.79 Å². The Bertz CT molecular complexity index is 316. The van der Waals surface area contributed by atoms with Gasteiger partial charge in [-0.3, -0.25) is 4.79 Å². The predicted octanol–water partition coefficient (Wildman–Crippen LogP) is 2.07. The normalized spacial score (nSPS) is 22.6. The van der Waals surface area contributed by atoms with Gasteiger partial charge in [-0.25, -0.2) is 0 Å². The molecule has 1 aliphatic rings. The largest absolute Gasteiger partial charge is 0.389 e. The molecular weight excluding hydrogens is 252 g/mol. The average Bonchev–Trinajstić information content (AvgIpc) is 2.37. The molecule has 1 aliphatic carbocycles. The highest BCUT2D eigenvalue weighted by Gasteiger charge is 2.36. The first-order valence-electron chi connectivity index (χ1n) is 7.87. The molecule has 0 saturated heterocycles. The van der Waals surface area contributed by atoms with Gasteiger partial charge in [-0.05, 0) is 43.9 Å². The number of carbonyl (C=O) groups is 1. The van der Waals surface area contributed by atoms with Crippen molar-refractivity contribution in [2.24, 2.45) is 11.3 Å². The molecule has 0 heterocycles. The summed E-state index contributed by atoms with van der Waals surface area (Å²) >= 11 is 0. The zero-order valence-electron chi connectivity index (χ0n) is 13.8. The van der Waals surface area contributed by atoms with Crippen LogP contribution in [0.3, 0.4) is 0 Å². The maximum absolute atomic E-state index is 11.9. The molecule has 1 unspecified atom stereocenters. The molecule has 0 aromatic rings. The summed E-state index contributed by atoms with van der Waals surface area (Å²) < 4.78 is 0. The second-order valence-corrected chi connectivity index (χ2v) is 7.63. The Hall–Kier alpha value is -0.610.